The van der Waals surface area contributed by atoms with Gasteiger partial charge in [0, 0.05) is 19.2 Å². The molecule has 0 saturated heterocycles. The summed E-state index contributed by atoms with van der Waals surface area (Å²) in [6.07, 6.45) is 0. The molecule has 0 saturated carbocycles. The van der Waals surface area contributed by atoms with E-state index in [1.165, 1.54) is 0 Å². The van der Waals surface area contributed by atoms with Crippen molar-refractivity contribution in [2.45, 2.75) is 0 Å². The van der Waals surface area contributed by atoms with Gasteiger partial charge in [-0.2, -0.15) is 0 Å². The number of benzene rings is 3. The first-order valence-electron chi connectivity index (χ1n) is 10.0. The topological polar surface area (TPSA) is 124 Å². The molecule has 0 radical (unpaired) electrons. The molecule has 0 aliphatic rings. The Bertz CT molecular complexity index is 1120. The number of nitrogen functional groups attached to an aromatic ring is 1. The highest BCUT2D eigenvalue weighted by Crippen LogP contribution is 2.29. The molecule has 4 N–H and O–H groups in total. The molecule has 8 nitrogen and oxygen atoms in total. The number of rotatable bonds is 10. The fourth-order valence-corrected chi connectivity index (χ4v) is 3.10. The van der Waals surface area contributed by atoms with Crippen LogP contribution < -0.4 is 15.8 Å². The largest absolute Gasteiger partial charge is 0.422 e. The second-order valence-electron chi connectivity index (χ2n) is 6.90. The van der Waals surface area contributed by atoms with Crippen LogP contribution >= 0.6 is 0 Å². The van der Waals surface area contributed by atoms with E-state index in [4.69, 9.17) is 25.4 Å². The maximum Gasteiger partial charge on any atom is 0.343 e. The van der Waals surface area contributed by atoms with Crippen LogP contribution in [0, 0.1) is 5.41 Å². The van der Waals surface area contributed by atoms with Gasteiger partial charge in [0.05, 0.1) is 30.9 Å². The van der Waals surface area contributed by atoms with Crippen LogP contribution in [0.2, 0.25) is 0 Å². The highest BCUT2D eigenvalue weighted by molar-refractivity contribution is 6.11. The summed E-state index contributed by atoms with van der Waals surface area (Å²) in [6, 6.07) is 16.9. The van der Waals surface area contributed by atoms with Gasteiger partial charge in [0.2, 0.25) is 0 Å². The van der Waals surface area contributed by atoms with Gasteiger partial charge in [-0.25, -0.2) is 4.79 Å². The molecule has 3 aromatic rings. The van der Waals surface area contributed by atoms with Crippen LogP contribution in [0.5, 0.6) is 5.75 Å². The first kappa shape index (κ1) is 22.9. The summed E-state index contributed by atoms with van der Waals surface area (Å²) in [5.41, 5.74) is 6.72. The van der Waals surface area contributed by atoms with Crippen molar-refractivity contribution >= 4 is 28.5 Å². The summed E-state index contributed by atoms with van der Waals surface area (Å²) in [4.78, 5) is 25.7. The molecule has 0 aliphatic carbocycles. The van der Waals surface area contributed by atoms with E-state index in [0.717, 1.165) is 0 Å². The Balaban J connectivity index is 1.89. The van der Waals surface area contributed by atoms with E-state index < -0.39 is 11.9 Å². The summed E-state index contributed by atoms with van der Waals surface area (Å²) >= 11 is 0. The molecule has 0 fully saturated rings. The lowest BCUT2D eigenvalue weighted by atomic mass is 10.00. The third-order valence-electron chi connectivity index (χ3n) is 4.70. The lowest BCUT2D eigenvalue weighted by Crippen LogP contribution is -2.28. The fourth-order valence-electron chi connectivity index (χ4n) is 3.10. The van der Waals surface area contributed by atoms with Crippen LogP contribution in [0.3, 0.4) is 0 Å². The standard InChI is InChI=1S/C24H25N3O5/c1-30-13-14-31-12-11-27-23(28)21-19-9-7-18(22(25)26)15-17(19)8-10-20(21)32-24(29)16-5-3-2-4-6-16/h2-10,15H,11-14H2,1H3,(H3,25,26)(H,27,28). The first-order valence-corrected chi connectivity index (χ1v) is 10.0. The maximum atomic E-state index is 13.1. The first-order chi connectivity index (χ1) is 15.5. The number of fused-ring (bicyclic) bond motifs is 1. The van der Waals surface area contributed by atoms with E-state index in [2.05, 4.69) is 5.32 Å². The van der Waals surface area contributed by atoms with E-state index in [0.29, 0.717) is 41.7 Å². The molecule has 0 spiro atoms. The van der Waals surface area contributed by atoms with Crippen molar-refractivity contribution in [3.63, 3.8) is 0 Å². The number of amides is 1. The van der Waals surface area contributed by atoms with Crippen LogP contribution in [0.1, 0.15) is 26.3 Å². The zero-order chi connectivity index (χ0) is 22.9. The van der Waals surface area contributed by atoms with Crippen molar-refractivity contribution in [2.75, 3.05) is 33.5 Å². The summed E-state index contributed by atoms with van der Waals surface area (Å²) in [6.45, 7) is 1.48. The third kappa shape index (κ3) is 5.69. The van der Waals surface area contributed by atoms with E-state index in [9.17, 15) is 9.59 Å². The van der Waals surface area contributed by atoms with Crippen LogP contribution in [-0.4, -0.2) is 51.2 Å². The van der Waals surface area contributed by atoms with Gasteiger partial charge in [0.25, 0.3) is 5.91 Å². The number of hydrogen-bond acceptors (Lipinski definition) is 6. The van der Waals surface area contributed by atoms with Gasteiger partial charge in [0.15, 0.2) is 0 Å². The van der Waals surface area contributed by atoms with E-state index in [1.807, 2.05) is 0 Å². The summed E-state index contributed by atoms with van der Waals surface area (Å²) in [5, 5.41) is 11.7. The number of carbonyl (C=O) groups is 2. The molecule has 1 amide bonds. The van der Waals surface area contributed by atoms with Crippen LogP contribution in [0.15, 0.2) is 60.7 Å². The summed E-state index contributed by atoms with van der Waals surface area (Å²) in [5.74, 6) is -0.912. The molecule has 166 valence electrons. The van der Waals surface area contributed by atoms with Crippen LogP contribution in [0.4, 0.5) is 0 Å². The highest BCUT2D eigenvalue weighted by Gasteiger charge is 2.20. The molecular weight excluding hydrogens is 410 g/mol. The molecule has 3 aromatic carbocycles. The van der Waals surface area contributed by atoms with E-state index in [-0.39, 0.29) is 23.7 Å². The predicted octanol–water partition coefficient (Wildman–Crippen LogP) is 2.74. The average Bonchev–Trinajstić information content (AvgIpc) is 2.81. The van der Waals surface area contributed by atoms with E-state index >= 15 is 0 Å². The Morgan fingerprint density at radius 1 is 0.969 bits per heavy atom. The average molecular weight is 435 g/mol. The number of ether oxygens (including phenoxy) is 3. The molecule has 0 aliphatic heterocycles. The third-order valence-corrected chi connectivity index (χ3v) is 4.70. The van der Waals surface area contributed by atoms with Crippen LogP contribution in [0.25, 0.3) is 10.8 Å². The maximum absolute atomic E-state index is 13.1. The molecule has 0 aromatic heterocycles. The minimum atomic E-state index is -0.567. The van der Waals surface area contributed by atoms with Gasteiger partial charge < -0.3 is 25.3 Å². The van der Waals surface area contributed by atoms with Gasteiger partial charge in [-0.3, -0.25) is 10.2 Å². The fraction of sp³-hybridized carbons (Fsp3) is 0.208. The molecule has 0 unspecified atom stereocenters. The monoisotopic (exact) mass is 435 g/mol. The zero-order valence-electron chi connectivity index (χ0n) is 17.7. The molecule has 3 rings (SSSR count). The minimum Gasteiger partial charge on any atom is -0.422 e. The van der Waals surface area contributed by atoms with Crippen molar-refractivity contribution < 1.29 is 23.8 Å². The van der Waals surface area contributed by atoms with Crippen molar-refractivity contribution in [2.24, 2.45) is 5.73 Å². The molecular formula is C24H25N3O5. The Hall–Kier alpha value is -3.75. The number of amidine groups is 1. The number of carbonyl (C=O) groups excluding carboxylic acids is 2. The minimum absolute atomic E-state index is 0.0781. The Kier molecular flexibility index (Phi) is 7.91. The Morgan fingerprint density at radius 3 is 2.47 bits per heavy atom. The second-order valence-corrected chi connectivity index (χ2v) is 6.90. The molecule has 0 bridgehead atoms. The lowest BCUT2D eigenvalue weighted by molar-refractivity contribution is 0.0690. The van der Waals surface area contributed by atoms with Crippen molar-refractivity contribution in [3.05, 3.63) is 77.4 Å². The quantitative estimate of drug-likeness (QED) is 0.148. The number of nitrogens with two attached hydrogens (primary N) is 1. The van der Waals surface area contributed by atoms with Crippen LogP contribution in [-0.2, 0) is 9.47 Å². The predicted molar refractivity (Wildman–Crippen MR) is 121 cm³/mol. The van der Waals surface area contributed by atoms with Crippen molar-refractivity contribution in [1.29, 1.82) is 5.41 Å². The number of hydrogen-bond donors (Lipinski definition) is 3. The SMILES string of the molecule is COCCOCCNC(=O)c1c(OC(=O)c2ccccc2)ccc2cc(C(=N)N)ccc12. The number of methoxy groups -OCH3 is 1. The van der Waals surface area contributed by atoms with Crippen molar-refractivity contribution in [1.82, 2.24) is 5.32 Å². The van der Waals surface area contributed by atoms with Crippen molar-refractivity contribution in [3.8, 4) is 5.75 Å². The molecule has 0 heterocycles. The van der Waals surface area contributed by atoms with Gasteiger partial charge in [0.1, 0.15) is 11.6 Å². The van der Waals surface area contributed by atoms with E-state index in [1.54, 1.807) is 67.8 Å². The smallest absolute Gasteiger partial charge is 0.343 e. The number of esters is 1. The van der Waals surface area contributed by atoms with Gasteiger partial charge >= 0.3 is 5.97 Å². The Labute approximate surface area is 185 Å². The second kappa shape index (κ2) is 11.0. The zero-order valence-corrected chi connectivity index (χ0v) is 17.7. The molecule has 0 atom stereocenters. The van der Waals surface area contributed by atoms with Gasteiger partial charge in [-0.05, 0) is 35.0 Å². The van der Waals surface area contributed by atoms with Gasteiger partial charge in [-0.15, -0.1) is 0 Å². The normalized spacial score (nSPS) is 10.7. The summed E-state index contributed by atoms with van der Waals surface area (Å²) < 4.78 is 15.9. The molecule has 32 heavy (non-hydrogen) atoms. The highest BCUT2D eigenvalue weighted by atomic mass is 16.5. The summed E-state index contributed by atoms with van der Waals surface area (Å²) in [7, 11) is 1.58. The number of nitrogens with one attached hydrogen (secondary N) is 2. The lowest BCUT2D eigenvalue weighted by Gasteiger charge is -2.14. The molecule has 8 heteroatoms. The van der Waals surface area contributed by atoms with Gasteiger partial charge in [-0.1, -0.05) is 36.4 Å². The Morgan fingerprint density at radius 2 is 1.75 bits per heavy atom.